The van der Waals surface area contributed by atoms with Gasteiger partial charge in [-0.05, 0) is 50.0 Å². The predicted molar refractivity (Wildman–Crippen MR) is 105 cm³/mol. The number of nitrogens with zero attached hydrogens (tertiary/aromatic N) is 2. The van der Waals surface area contributed by atoms with Crippen LogP contribution < -0.4 is 5.32 Å². The Morgan fingerprint density at radius 2 is 1.85 bits per heavy atom. The number of amides is 1. The van der Waals surface area contributed by atoms with Crippen LogP contribution in [-0.4, -0.2) is 41.2 Å². The smallest absolute Gasteiger partial charge is 0.221 e. The highest BCUT2D eigenvalue weighted by atomic mass is 16.1. The zero-order valence-electron chi connectivity index (χ0n) is 15.9. The van der Waals surface area contributed by atoms with Crippen LogP contribution in [0.2, 0.25) is 0 Å². The normalized spacial score (nSPS) is 16.6. The lowest BCUT2D eigenvalue weighted by molar-refractivity contribution is -0.125. The molecule has 1 aliphatic rings. The SMILES string of the molecule is CC(=O)C1(c2ccccc2)CCN(CCC(=O)NCc2cccnc2)CC1. The summed E-state index contributed by atoms with van der Waals surface area (Å²) >= 11 is 0. The number of rotatable bonds is 7. The quantitative estimate of drug-likeness (QED) is 0.819. The molecule has 1 saturated heterocycles. The van der Waals surface area contributed by atoms with Crippen molar-refractivity contribution in [1.82, 2.24) is 15.2 Å². The van der Waals surface area contributed by atoms with Gasteiger partial charge in [-0.1, -0.05) is 36.4 Å². The number of piperidine rings is 1. The van der Waals surface area contributed by atoms with Crippen LogP contribution in [0.5, 0.6) is 0 Å². The minimum atomic E-state index is -0.375. The van der Waals surface area contributed by atoms with Crippen molar-refractivity contribution in [2.75, 3.05) is 19.6 Å². The third-order valence-electron chi connectivity index (χ3n) is 5.58. The van der Waals surface area contributed by atoms with E-state index in [1.807, 2.05) is 30.3 Å². The lowest BCUT2D eigenvalue weighted by Gasteiger charge is -2.40. The van der Waals surface area contributed by atoms with Crippen LogP contribution in [0.3, 0.4) is 0 Å². The van der Waals surface area contributed by atoms with Gasteiger partial charge in [-0.15, -0.1) is 0 Å². The molecule has 5 heteroatoms. The number of benzene rings is 1. The first-order valence-electron chi connectivity index (χ1n) is 9.55. The maximum atomic E-state index is 12.4. The molecular formula is C22H27N3O2. The molecule has 0 saturated carbocycles. The number of Topliss-reactive ketones (excluding diaryl/α,β-unsaturated/α-hetero) is 1. The molecule has 5 nitrogen and oxygen atoms in total. The summed E-state index contributed by atoms with van der Waals surface area (Å²) in [4.78, 5) is 30.9. The van der Waals surface area contributed by atoms with E-state index in [0.29, 0.717) is 13.0 Å². The molecule has 27 heavy (non-hydrogen) atoms. The Kier molecular flexibility index (Phi) is 6.35. The second kappa shape index (κ2) is 8.91. The summed E-state index contributed by atoms with van der Waals surface area (Å²) in [5, 5.41) is 2.94. The molecule has 1 fully saturated rings. The fraction of sp³-hybridized carbons (Fsp3) is 0.409. The van der Waals surface area contributed by atoms with Crippen molar-refractivity contribution in [2.24, 2.45) is 0 Å². The van der Waals surface area contributed by atoms with Crippen LogP contribution in [-0.2, 0) is 21.5 Å². The molecule has 2 heterocycles. The van der Waals surface area contributed by atoms with E-state index in [9.17, 15) is 9.59 Å². The zero-order valence-corrected chi connectivity index (χ0v) is 15.9. The Morgan fingerprint density at radius 3 is 2.48 bits per heavy atom. The number of ketones is 1. The maximum Gasteiger partial charge on any atom is 0.221 e. The van der Waals surface area contributed by atoms with Gasteiger partial charge in [0, 0.05) is 31.9 Å². The van der Waals surface area contributed by atoms with Gasteiger partial charge in [0.1, 0.15) is 5.78 Å². The molecule has 1 N–H and O–H groups in total. The van der Waals surface area contributed by atoms with E-state index in [1.165, 1.54) is 0 Å². The Hall–Kier alpha value is -2.53. The lowest BCUT2D eigenvalue weighted by atomic mass is 9.70. The standard InChI is InChI=1S/C22H27N3O2/c1-18(26)22(20-7-3-2-4-8-20)10-14-25(15-11-22)13-9-21(27)24-17-19-6-5-12-23-16-19/h2-8,12,16H,9-11,13-15,17H2,1H3,(H,24,27). The van der Waals surface area contributed by atoms with Crippen LogP contribution in [0.25, 0.3) is 0 Å². The Labute approximate surface area is 160 Å². The van der Waals surface area contributed by atoms with Gasteiger partial charge < -0.3 is 10.2 Å². The molecule has 0 spiro atoms. The number of pyridine rings is 1. The number of hydrogen-bond donors (Lipinski definition) is 1. The average molecular weight is 365 g/mol. The molecule has 1 aliphatic heterocycles. The van der Waals surface area contributed by atoms with Gasteiger partial charge in [0.2, 0.25) is 5.91 Å². The number of likely N-dealkylation sites (tertiary alicyclic amines) is 1. The fourth-order valence-electron chi connectivity index (χ4n) is 3.81. The molecule has 0 radical (unpaired) electrons. The Bertz CT molecular complexity index is 754. The van der Waals surface area contributed by atoms with Crippen molar-refractivity contribution in [3.05, 3.63) is 66.0 Å². The first-order chi connectivity index (χ1) is 13.1. The van der Waals surface area contributed by atoms with Crippen molar-refractivity contribution in [3.8, 4) is 0 Å². The van der Waals surface area contributed by atoms with Gasteiger partial charge in [-0.2, -0.15) is 0 Å². The highest BCUT2D eigenvalue weighted by Crippen LogP contribution is 2.36. The summed E-state index contributed by atoms with van der Waals surface area (Å²) in [6.07, 6.45) is 5.57. The van der Waals surface area contributed by atoms with E-state index in [1.54, 1.807) is 19.3 Å². The van der Waals surface area contributed by atoms with Crippen molar-refractivity contribution in [3.63, 3.8) is 0 Å². The molecule has 1 aromatic carbocycles. The number of hydrogen-bond acceptors (Lipinski definition) is 4. The van der Waals surface area contributed by atoms with E-state index < -0.39 is 0 Å². The Balaban J connectivity index is 1.47. The van der Waals surface area contributed by atoms with Gasteiger partial charge in [0.25, 0.3) is 0 Å². The van der Waals surface area contributed by atoms with Gasteiger partial charge in [-0.25, -0.2) is 0 Å². The van der Waals surface area contributed by atoms with Crippen LogP contribution in [0.15, 0.2) is 54.9 Å². The van der Waals surface area contributed by atoms with E-state index in [2.05, 4.69) is 27.3 Å². The van der Waals surface area contributed by atoms with Crippen LogP contribution in [0.1, 0.15) is 37.3 Å². The first kappa shape index (κ1) is 19.2. The van der Waals surface area contributed by atoms with Crippen molar-refractivity contribution in [2.45, 2.75) is 38.1 Å². The van der Waals surface area contributed by atoms with Gasteiger partial charge in [-0.3, -0.25) is 14.6 Å². The molecule has 3 rings (SSSR count). The molecule has 0 atom stereocenters. The molecule has 0 aliphatic carbocycles. The molecular weight excluding hydrogens is 338 g/mol. The summed E-state index contributed by atoms with van der Waals surface area (Å²) in [7, 11) is 0. The minimum Gasteiger partial charge on any atom is -0.352 e. The van der Waals surface area contributed by atoms with Crippen LogP contribution in [0.4, 0.5) is 0 Å². The van der Waals surface area contributed by atoms with E-state index in [-0.39, 0.29) is 17.1 Å². The highest BCUT2D eigenvalue weighted by Gasteiger charge is 2.40. The molecule has 0 unspecified atom stereocenters. The predicted octanol–water partition coefficient (Wildman–Crippen LogP) is 2.71. The summed E-state index contributed by atoms with van der Waals surface area (Å²) in [5.41, 5.74) is 1.74. The lowest BCUT2D eigenvalue weighted by Crippen LogP contribution is -2.47. The second-order valence-corrected chi connectivity index (χ2v) is 7.23. The average Bonchev–Trinajstić information content (AvgIpc) is 2.72. The summed E-state index contributed by atoms with van der Waals surface area (Å²) in [5.74, 6) is 0.285. The molecule has 2 aromatic rings. The van der Waals surface area contributed by atoms with E-state index >= 15 is 0 Å². The zero-order chi connectivity index (χ0) is 19.1. The highest BCUT2D eigenvalue weighted by molar-refractivity contribution is 5.88. The monoisotopic (exact) mass is 365 g/mol. The van der Waals surface area contributed by atoms with Crippen LogP contribution in [0, 0.1) is 0 Å². The topological polar surface area (TPSA) is 62.3 Å². The summed E-state index contributed by atoms with van der Waals surface area (Å²) in [6, 6.07) is 13.9. The Morgan fingerprint density at radius 1 is 1.11 bits per heavy atom. The van der Waals surface area contributed by atoms with E-state index in [0.717, 1.165) is 43.6 Å². The number of aromatic nitrogens is 1. The molecule has 1 aromatic heterocycles. The molecule has 142 valence electrons. The number of carbonyl (C=O) groups is 2. The molecule has 1 amide bonds. The summed E-state index contributed by atoms with van der Waals surface area (Å²) < 4.78 is 0. The van der Waals surface area contributed by atoms with Gasteiger partial charge in [0.15, 0.2) is 0 Å². The minimum absolute atomic E-state index is 0.0466. The number of nitrogens with one attached hydrogen (secondary N) is 1. The van der Waals surface area contributed by atoms with Gasteiger partial charge >= 0.3 is 0 Å². The third-order valence-corrected chi connectivity index (χ3v) is 5.58. The fourth-order valence-corrected chi connectivity index (χ4v) is 3.81. The third kappa shape index (κ3) is 4.80. The maximum absolute atomic E-state index is 12.4. The van der Waals surface area contributed by atoms with E-state index in [4.69, 9.17) is 0 Å². The molecule has 0 bridgehead atoms. The van der Waals surface area contributed by atoms with Crippen molar-refractivity contribution in [1.29, 1.82) is 0 Å². The first-order valence-corrected chi connectivity index (χ1v) is 9.55. The summed E-state index contributed by atoms with van der Waals surface area (Å²) in [6.45, 7) is 4.61. The van der Waals surface area contributed by atoms with Crippen molar-refractivity contribution >= 4 is 11.7 Å². The number of carbonyl (C=O) groups excluding carboxylic acids is 2. The van der Waals surface area contributed by atoms with Crippen LogP contribution >= 0.6 is 0 Å². The largest absolute Gasteiger partial charge is 0.352 e. The second-order valence-electron chi connectivity index (χ2n) is 7.23. The van der Waals surface area contributed by atoms with Crippen molar-refractivity contribution < 1.29 is 9.59 Å². The van der Waals surface area contributed by atoms with Gasteiger partial charge in [0.05, 0.1) is 5.41 Å².